The van der Waals surface area contributed by atoms with E-state index in [0.717, 1.165) is 17.8 Å². The van der Waals surface area contributed by atoms with E-state index in [1.54, 1.807) is 0 Å². The monoisotopic (exact) mass is 252 g/mol. The number of nitrogens with two attached hydrogens (primary N) is 1. The minimum absolute atomic E-state index is 0.364. The summed E-state index contributed by atoms with van der Waals surface area (Å²) in [6.07, 6.45) is 9.60. The summed E-state index contributed by atoms with van der Waals surface area (Å²) in [5, 5.41) is 0. The smallest absolute Gasteiger partial charge is 0.0241 e. The first-order valence-electron chi connectivity index (χ1n) is 8.11. The van der Waals surface area contributed by atoms with Crippen LogP contribution in [-0.2, 0) is 0 Å². The second-order valence-electron chi connectivity index (χ2n) is 6.80. The molecule has 106 valence electrons. The molecule has 2 fully saturated rings. The van der Waals surface area contributed by atoms with E-state index in [1.807, 2.05) is 0 Å². The molecule has 0 heterocycles. The normalized spacial score (nSPS) is 34.2. The molecular weight excluding hydrogens is 220 g/mol. The molecule has 5 unspecified atom stereocenters. The standard InChI is InChI=1S/C16H32N2/c1-4-6-15(17)16(5-2)18(3)11-14-10-12-7-8-13(14)9-12/h12-16H,4-11,17H2,1-3H3. The van der Waals surface area contributed by atoms with Gasteiger partial charge in [0.15, 0.2) is 0 Å². The molecule has 2 heteroatoms. The van der Waals surface area contributed by atoms with Crippen LogP contribution in [0.2, 0.25) is 0 Å². The Labute approximate surface area is 113 Å². The van der Waals surface area contributed by atoms with Gasteiger partial charge in [-0.3, -0.25) is 0 Å². The van der Waals surface area contributed by atoms with Crippen molar-refractivity contribution in [1.29, 1.82) is 0 Å². The zero-order valence-electron chi connectivity index (χ0n) is 12.6. The Kier molecular flexibility index (Phi) is 5.08. The first-order valence-corrected chi connectivity index (χ1v) is 8.11. The molecule has 18 heavy (non-hydrogen) atoms. The molecule has 2 aliphatic rings. The van der Waals surface area contributed by atoms with Gasteiger partial charge in [-0.2, -0.15) is 0 Å². The maximum absolute atomic E-state index is 6.35. The van der Waals surface area contributed by atoms with Gasteiger partial charge in [0, 0.05) is 18.6 Å². The average Bonchev–Trinajstić information content (AvgIpc) is 2.92. The second kappa shape index (κ2) is 6.38. The Morgan fingerprint density at radius 2 is 2.00 bits per heavy atom. The third-order valence-corrected chi connectivity index (χ3v) is 5.51. The van der Waals surface area contributed by atoms with Crippen LogP contribution >= 0.6 is 0 Å². The third kappa shape index (κ3) is 3.08. The van der Waals surface area contributed by atoms with E-state index in [-0.39, 0.29) is 0 Å². The van der Waals surface area contributed by atoms with Crippen molar-refractivity contribution in [3.05, 3.63) is 0 Å². The van der Waals surface area contributed by atoms with Crippen LogP contribution in [0.4, 0.5) is 0 Å². The molecule has 2 bridgehead atoms. The van der Waals surface area contributed by atoms with E-state index in [2.05, 4.69) is 25.8 Å². The van der Waals surface area contributed by atoms with E-state index in [1.165, 1.54) is 51.5 Å². The van der Waals surface area contributed by atoms with Crippen LogP contribution in [0.3, 0.4) is 0 Å². The van der Waals surface area contributed by atoms with Gasteiger partial charge in [0.1, 0.15) is 0 Å². The van der Waals surface area contributed by atoms with Gasteiger partial charge in [-0.05, 0) is 56.9 Å². The van der Waals surface area contributed by atoms with Gasteiger partial charge in [0.05, 0.1) is 0 Å². The predicted molar refractivity (Wildman–Crippen MR) is 78.5 cm³/mol. The molecule has 0 spiro atoms. The fraction of sp³-hybridized carbons (Fsp3) is 1.00. The SMILES string of the molecule is CCCC(N)C(CC)N(C)CC1CC2CCC1C2. The molecule has 0 saturated heterocycles. The van der Waals surface area contributed by atoms with Crippen LogP contribution < -0.4 is 5.73 Å². The molecule has 0 aromatic carbocycles. The molecular formula is C16H32N2. The fourth-order valence-corrected chi connectivity index (χ4v) is 4.57. The van der Waals surface area contributed by atoms with E-state index in [0.29, 0.717) is 12.1 Å². The second-order valence-corrected chi connectivity index (χ2v) is 6.80. The minimum Gasteiger partial charge on any atom is -0.326 e. The topological polar surface area (TPSA) is 29.3 Å². The van der Waals surface area contributed by atoms with Gasteiger partial charge < -0.3 is 10.6 Å². The van der Waals surface area contributed by atoms with Gasteiger partial charge >= 0.3 is 0 Å². The van der Waals surface area contributed by atoms with E-state index in [9.17, 15) is 0 Å². The van der Waals surface area contributed by atoms with Crippen molar-refractivity contribution in [1.82, 2.24) is 4.90 Å². The Balaban J connectivity index is 1.83. The quantitative estimate of drug-likeness (QED) is 0.753. The highest BCUT2D eigenvalue weighted by Gasteiger charge is 2.40. The highest BCUT2D eigenvalue weighted by Crippen LogP contribution is 2.48. The number of nitrogens with zero attached hydrogens (tertiary/aromatic N) is 1. The number of rotatable bonds is 7. The molecule has 0 aromatic rings. The van der Waals surface area contributed by atoms with E-state index >= 15 is 0 Å². The van der Waals surface area contributed by atoms with E-state index < -0.39 is 0 Å². The van der Waals surface area contributed by atoms with Gasteiger partial charge in [0.25, 0.3) is 0 Å². The summed E-state index contributed by atoms with van der Waals surface area (Å²) in [4.78, 5) is 2.58. The first-order chi connectivity index (χ1) is 8.65. The van der Waals surface area contributed by atoms with Crippen LogP contribution in [0.1, 0.15) is 58.8 Å². The summed E-state index contributed by atoms with van der Waals surface area (Å²) in [6.45, 7) is 5.82. The Bertz CT molecular complexity index is 253. The molecule has 2 nitrogen and oxygen atoms in total. The molecule has 2 rings (SSSR count). The van der Waals surface area contributed by atoms with Crippen molar-refractivity contribution in [2.24, 2.45) is 23.5 Å². The van der Waals surface area contributed by atoms with Crippen molar-refractivity contribution in [3.8, 4) is 0 Å². The lowest BCUT2D eigenvalue weighted by atomic mass is 9.87. The molecule has 2 aliphatic carbocycles. The number of likely N-dealkylation sites (N-methyl/N-ethyl adjacent to an activating group) is 1. The van der Waals surface area contributed by atoms with Crippen LogP contribution in [0.5, 0.6) is 0 Å². The zero-order valence-corrected chi connectivity index (χ0v) is 12.6. The highest BCUT2D eigenvalue weighted by atomic mass is 15.1. The predicted octanol–water partition coefficient (Wildman–Crippen LogP) is 3.26. The zero-order chi connectivity index (χ0) is 13.1. The largest absolute Gasteiger partial charge is 0.326 e. The highest BCUT2D eigenvalue weighted by molar-refractivity contribution is 4.92. The van der Waals surface area contributed by atoms with Crippen molar-refractivity contribution in [2.75, 3.05) is 13.6 Å². The summed E-state index contributed by atoms with van der Waals surface area (Å²) < 4.78 is 0. The Morgan fingerprint density at radius 1 is 1.22 bits per heavy atom. The fourth-order valence-electron chi connectivity index (χ4n) is 4.57. The van der Waals surface area contributed by atoms with Gasteiger partial charge in [-0.15, -0.1) is 0 Å². The number of fused-ring (bicyclic) bond motifs is 2. The Morgan fingerprint density at radius 3 is 2.50 bits per heavy atom. The number of hydrogen-bond acceptors (Lipinski definition) is 2. The van der Waals surface area contributed by atoms with Crippen LogP contribution in [-0.4, -0.2) is 30.6 Å². The molecule has 0 aliphatic heterocycles. The lowest BCUT2D eigenvalue weighted by molar-refractivity contribution is 0.148. The Hall–Kier alpha value is -0.0800. The first kappa shape index (κ1) is 14.3. The van der Waals surface area contributed by atoms with Gasteiger partial charge in [-0.1, -0.05) is 26.7 Å². The molecule has 0 aromatic heterocycles. The summed E-state index contributed by atoms with van der Waals surface area (Å²) in [7, 11) is 2.30. The van der Waals surface area contributed by atoms with Crippen molar-refractivity contribution >= 4 is 0 Å². The average molecular weight is 252 g/mol. The van der Waals surface area contributed by atoms with Crippen molar-refractivity contribution in [3.63, 3.8) is 0 Å². The lowest BCUT2D eigenvalue weighted by Crippen LogP contribution is -2.47. The van der Waals surface area contributed by atoms with Crippen LogP contribution in [0, 0.1) is 17.8 Å². The molecule has 2 saturated carbocycles. The van der Waals surface area contributed by atoms with Crippen molar-refractivity contribution < 1.29 is 0 Å². The molecule has 0 radical (unpaired) electrons. The lowest BCUT2D eigenvalue weighted by Gasteiger charge is -2.35. The maximum atomic E-state index is 6.35. The van der Waals surface area contributed by atoms with Crippen molar-refractivity contribution in [2.45, 2.75) is 70.9 Å². The van der Waals surface area contributed by atoms with Gasteiger partial charge in [0.2, 0.25) is 0 Å². The maximum Gasteiger partial charge on any atom is 0.0241 e. The summed E-state index contributed by atoms with van der Waals surface area (Å²) in [5.74, 6) is 3.08. The van der Waals surface area contributed by atoms with Crippen LogP contribution in [0.15, 0.2) is 0 Å². The number of hydrogen-bond donors (Lipinski definition) is 1. The van der Waals surface area contributed by atoms with E-state index in [4.69, 9.17) is 5.73 Å². The molecule has 2 N–H and O–H groups in total. The summed E-state index contributed by atoms with van der Waals surface area (Å²) >= 11 is 0. The third-order valence-electron chi connectivity index (χ3n) is 5.51. The summed E-state index contributed by atoms with van der Waals surface area (Å²) in [5.41, 5.74) is 6.35. The minimum atomic E-state index is 0.364. The molecule has 0 amide bonds. The van der Waals surface area contributed by atoms with Gasteiger partial charge in [-0.25, -0.2) is 0 Å². The van der Waals surface area contributed by atoms with Crippen LogP contribution in [0.25, 0.3) is 0 Å². The molecule has 5 atom stereocenters. The summed E-state index contributed by atoms with van der Waals surface area (Å²) in [6, 6.07) is 0.952.